The van der Waals surface area contributed by atoms with Crippen LogP contribution in [-0.2, 0) is 6.42 Å². The van der Waals surface area contributed by atoms with Crippen LogP contribution in [0.4, 0.5) is 5.95 Å². The summed E-state index contributed by atoms with van der Waals surface area (Å²) < 4.78 is 0. The summed E-state index contributed by atoms with van der Waals surface area (Å²) in [6.45, 7) is 3.58. The van der Waals surface area contributed by atoms with Crippen LogP contribution < -0.4 is 11.3 Å². The van der Waals surface area contributed by atoms with E-state index in [0.29, 0.717) is 17.9 Å². The minimum absolute atomic E-state index is 0.0799. The second kappa shape index (κ2) is 2.99. The van der Waals surface area contributed by atoms with Crippen LogP contribution in [-0.4, -0.2) is 19.9 Å². The monoisotopic (exact) mass is 191 g/mol. The third-order valence-electron chi connectivity index (χ3n) is 1.76. The first-order valence-electron chi connectivity index (χ1n) is 4.06. The number of H-pyrrole nitrogens is 2. The highest BCUT2D eigenvalue weighted by molar-refractivity contribution is 5.70. The number of allylic oxidation sites excluding steroid dienone is 1. The van der Waals surface area contributed by atoms with Crippen molar-refractivity contribution < 1.29 is 0 Å². The summed E-state index contributed by atoms with van der Waals surface area (Å²) in [6.07, 6.45) is 2.25. The number of hydrogen-bond acceptors (Lipinski definition) is 4. The lowest BCUT2D eigenvalue weighted by Gasteiger charge is -1.89. The van der Waals surface area contributed by atoms with Crippen LogP contribution in [0.1, 0.15) is 5.82 Å². The van der Waals surface area contributed by atoms with Crippen molar-refractivity contribution in [2.45, 2.75) is 6.42 Å². The van der Waals surface area contributed by atoms with Crippen molar-refractivity contribution in [2.24, 2.45) is 0 Å². The molecule has 2 aromatic heterocycles. The van der Waals surface area contributed by atoms with Gasteiger partial charge in [0.25, 0.3) is 5.56 Å². The Morgan fingerprint density at radius 1 is 1.43 bits per heavy atom. The zero-order chi connectivity index (χ0) is 10.1. The Kier molecular flexibility index (Phi) is 1.81. The minimum atomic E-state index is -0.334. The molecule has 2 rings (SSSR count). The number of anilines is 1. The smallest absolute Gasteiger partial charge is 0.280 e. The molecule has 6 heteroatoms. The molecule has 0 amide bonds. The molecule has 0 aliphatic heterocycles. The quantitative estimate of drug-likeness (QED) is 0.579. The van der Waals surface area contributed by atoms with E-state index >= 15 is 0 Å². The van der Waals surface area contributed by atoms with Crippen molar-refractivity contribution in [3.63, 3.8) is 0 Å². The Morgan fingerprint density at radius 3 is 2.93 bits per heavy atom. The number of imidazole rings is 1. The Bertz CT molecular complexity index is 538. The molecule has 0 aliphatic carbocycles. The average molecular weight is 191 g/mol. The first-order valence-corrected chi connectivity index (χ1v) is 4.06. The zero-order valence-corrected chi connectivity index (χ0v) is 7.37. The molecule has 6 nitrogen and oxygen atoms in total. The summed E-state index contributed by atoms with van der Waals surface area (Å²) in [6, 6.07) is 0. The number of hydrogen-bond donors (Lipinski definition) is 3. The lowest BCUT2D eigenvalue weighted by atomic mass is 10.4. The highest BCUT2D eigenvalue weighted by Gasteiger charge is 2.07. The fourth-order valence-electron chi connectivity index (χ4n) is 1.21. The maximum absolute atomic E-state index is 11.3. The maximum Gasteiger partial charge on any atom is 0.280 e. The Morgan fingerprint density at radius 2 is 2.21 bits per heavy atom. The number of aromatic amines is 2. The van der Waals surface area contributed by atoms with Crippen molar-refractivity contribution >= 4 is 17.1 Å². The summed E-state index contributed by atoms with van der Waals surface area (Å²) in [5, 5.41) is 0. The van der Waals surface area contributed by atoms with Gasteiger partial charge in [0, 0.05) is 6.42 Å². The summed E-state index contributed by atoms with van der Waals surface area (Å²) in [7, 11) is 0. The van der Waals surface area contributed by atoms with Gasteiger partial charge >= 0.3 is 0 Å². The number of rotatable bonds is 2. The van der Waals surface area contributed by atoms with E-state index < -0.39 is 0 Å². The third-order valence-corrected chi connectivity index (χ3v) is 1.76. The fourth-order valence-corrected chi connectivity index (χ4v) is 1.21. The summed E-state index contributed by atoms with van der Waals surface area (Å²) >= 11 is 0. The van der Waals surface area contributed by atoms with E-state index in [9.17, 15) is 4.79 Å². The van der Waals surface area contributed by atoms with Gasteiger partial charge in [-0.2, -0.15) is 4.98 Å². The fraction of sp³-hybridized carbons (Fsp3) is 0.125. The van der Waals surface area contributed by atoms with E-state index in [2.05, 4.69) is 26.5 Å². The van der Waals surface area contributed by atoms with Crippen LogP contribution in [0.15, 0.2) is 17.4 Å². The lowest BCUT2D eigenvalue weighted by Crippen LogP contribution is -2.10. The second-order valence-corrected chi connectivity index (χ2v) is 2.82. The van der Waals surface area contributed by atoms with Crippen LogP contribution in [0.25, 0.3) is 11.2 Å². The SMILES string of the molecule is C=CCc1nc2c(=O)[nH]c(N)nc2[nH]1. The predicted molar refractivity (Wildman–Crippen MR) is 52.8 cm³/mol. The van der Waals surface area contributed by atoms with Gasteiger partial charge in [0.15, 0.2) is 11.2 Å². The lowest BCUT2D eigenvalue weighted by molar-refractivity contribution is 1.07. The number of aromatic nitrogens is 4. The van der Waals surface area contributed by atoms with Gasteiger partial charge in [0.1, 0.15) is 5.82 Å². The Hall–Kier alpha value is -2.11. The van der Waals surface area contributed by atoms with Crippen molar-refractivity contribution in [1.82, 2.24) is 19.9 Å². The molecule has 2 aromatic rings. The molecule has 0 aliphatic rings. The van der Waals surface area contributed by atoms with E-state index in [0.717, 1.165) is 0 Å². The van der Waals surface area contributed by atoms with E-state index in [4.69, 9.17) is 5.73 Å². The number of fused-ring (bicyclic) bond motifs is 1. The Labute approximate surface area is 78.9 Å². The molecule has 0 aromatic carbocycles. The van der Waals surface area contributed by atoms with Gasteiger partial charge in [0.05, 0.1) is 0 Å². The van der Waals surface area contributed by atoms with E-state index in [1.54, 1.807) is 6.08 Å². The molecule has 0 atom stereocenters. The van der Waals surface area contributed by atoms with Crippen LogP contribution in [0, 0.1) is 0 Å². The first-order chi connectivity index (χ1) is 6.70. The van der Waals surface area contributed by atoms with Crippen molar-refractivity contribution in [2.75, 3.05) is 5.73 Å². The van der Waals surface area contributed by atoms with Gasteiger partial charge in [-0.05, 0) is 0 Å². The highest BCUT2D eigenvalue weighted by atomic mass is 16.1. The average Bonchev–Trinajstić information content (AvgIpc) is 2.48. The first kappa shape index (κ1) is 8.49. The number of nitrogens with one attached hydrogen (secondary N) is 2. The van der Waals surface area contributed by atoms with Crippen molar-refractivity contribution in [3.8, 4) is 0 Å². The van der Waals surface area contributed by atoms with Crippen LogP contribution >= 0.6 is 0 Å². The van der Waals surface area contributed by atoms with Gasteiger partial charge in [-0.15, -0.1) is 6.58 Å². The van der Waals surface area contributed by atoms with Crippen LogP contribution in [0.2, 0.25) is 0 Å². The molecule has 0 saturated heterocycles. The number of nitrogen functional groups attached to an aromatic ring is 1. The molecule has 0 bridgehead atoms. The largest absolute Gasteiger partial charge is 0.369 e. The van der Waals surface area contributed by atoms with Gasteiger partial charge in [0.2, 0.25) is 5.95 Å². The molecule has 0 saturated carbocycles. The Balaban J connectivity index is 2.70. The molecule has 0 fully saturated rings. The molecule has 2 heterocycles. The van der Waals surface area contributed by atoms with E-state index in [1.807, 2.05) is 0 Å². The summed E-state index contributed by atoms with van der Waals surface area (Å²) in [4.78, 5) is 24.6. The molecule has 72 valence electrons. The molecule has 0 radical (unpaired) electrons. The van der Waals surface area contributed by atoms with Gasteiger partial charge in [-0.3, -0.25) is 9.78 Å². The molecular weight excluding hydrogens is 182 g/mol. The molecular formula is C8H9N5O. The van der Waals surface area contributed by atoms with Gasteiger partial charge in [-0.1, -0.05) is 6.08 Å². The minimum Gasteiger partial charge on any atom is -0.369 e. The highest BCUT2D eigenvalue weighted by Crippen LogP contribution is 2.04. The molecule has 4 N–H and O–H groups in total. The zero-order valence-electron chi connectivity index (χ0n) is 7.37. The maximum atomic E-state index is 11.3. The van der Waals surface area contributed by atoms with Gasteiger partial charge in [-0.25, -0.2) is 4.98 Å². The van der Waals surface area contributed by atoms with Crippen molar-refractivity contribution in [3.05, 3.63) is 28.8 Å². The summed E-state index contributed by atoms with van der Waals surface area (Å²) in [5.41, 5.74) is 5.72. The van der Waals surface area contributed by atoms with Crippen molar-refractivity contribution in [1.29, 1.82) is 0 Å². The number of nitrogens with two attached hydrogens (primary N) is 1. The van der Waals surface area contributed by atoms with Crippen LogP contribution in [0.3, 0.4) is 0 Å². The molecule has 0 unspecified atom stereocenters. The number of nitrogens with zero attached hydrogens (tertiary/aromatic N) is 2. The van der Waals surface area contributed by atoms with Gasteiger partial charge < -0.3 is 10.7 Å². The third kappa shape index (κ3) is 1.26. The normalized spacial score (nSPS) is 10.6. The second-order valence-electron chi connectivity index (χ2n) is 2.82. The molecule has 0 spiro atoms. The standard InChI is InChI=1S/C8H9N5O/c1-2-3-4-10-5-6(11-4)12-8(9)13-7(5)14/h2H,1,3H2,(H4,9,10,11,12,13,14). The predicted octanol–water partition coefficient (Wildman–Crippen LogP) is -0.0431. The molecule has 14 heavy (non-hydrogen) atoms. The van der Waals surface area contributed by atoms with Crippen LogP contribution in [0.5, 0.6) is 0 Å². The summed E-state index contributed by atoms with van der Waals surface area (Å²) in [5.74, 6) is 0.731. The van der Waals surface area contributed by atoms with E-state index in [1.165, 1.54) is 0 Å². The topological polar surface area (TPSA) is 100 Å². The van der Waals surface area contributed by atoms with E-state index in [-0.39, 0.29) is 17.0 Å².